The summed E-state index contributed by atoms with van der Waals surface area (Å²) in [5.41, 5.74) is 0. The van der Waals surface area contributed by atoms with Crippen LogP contribution in [0.15, 0.2) is 0 Å². The van der Waals surface area contributed by atoms with Crippen LogP contribution in [0.3, 0.4) is 0 Å². The van der Waals surface area contributed by atoms with E-state index in [1.807, 2.05) is 13.8 Å². The van der Waals surface area contributed by atoms with E-state index < -0.39 is 0 Å². The second-order valence-corrected chi connectivity index (χ2v) is 5.56. The van der Waals surface area contributed by atoms with Crippen LogP contribution in [0.4, 0.5) is 0 Å². The van der Waals surface area contributed by atoms with Crippen LogP contribution in [0.5, 0.6) is 0 Å². The van der Waals surface area contributed by atoms with E-state index in [0.717, 1.165) is 25.6 Å². The molecule has 1 saturated carbocycles. The number of rotatable bonds is 6. The maximum atomic E-state index is 9.46. The molecule has 3 nitrogen and oxygen atoms in total. The lowest BCUT2D eigenvalue weighted by Gasteiger charge is -2.28. The molecule has 0 bridgehead atoms. The molecule has 0 aromatic carbocycles. The largest absolute Gasteiger partial charge is 0.388 e. The van der Waals surface area contributed by atoms with Crippen LogP contribution < -0.4 is 4.90 Å². The van der Waals surface area contributed by atoms with E-state index in [1.165, 1.54) is 37.0 Å². The summed E-state index contributed by atoms with van der Waals surface area (Å²) in [6.45, 7) is 6.32. The number of aliphatic hydroxyl groups excluding tert-OH is 2. The van der Waals surface area contributed by atoms with E-state index >= 15 is 0 Å². The van der Waals surface area contributed by atoms with Crippen LogP contribution >= 0.6 is 0 Å². The molecule has 0 unspecified atom stereocenters. The monoisotopic (exact) mass is 230 g/mol. The molecule has 0 amide bonds. The lowest BCUT2D eigenvalue weighted by molar-refractivity contribution is -0.909. The van der Waals surface area contributed by atoms with Crippen molar-refractivity contribution in [3.63, 3.8) is 0 Å². The molecule has 1 rings (SSSR count). The minimum Gasteiger partial charge on any atom is -0.388 e. The van der Waals surface area contributed by atoms with Crippen molar-refractivity contribution >= 4 is 0 Å². The summed E-state index contributed by atoms with van der Waals surface area (Å²) in [6, 6.07) is 0. The molecule has 1 fully saturated rings. The highest BCUT2D eigenvalue weighted by molar-refractivity contribution is 4.64. The van der Waals surface area contributed by atoms with Gasteiger partial charge in [0.1, 0.15) is 25.3 Å². The Morgan fingerprint density at radius 2 is 1.50 bits per heavy atom. The SMILES string of the molecule is C[C@H](O)C[NH+](CC1CCCCC1)C[C@H](C)O. The summed E-state index contributed by atoms with van der Waals surface area (Å²) in [5, 5.41) is 18.9. The van der Waals surface area contributed by atoms with Gasteiger partial charge in [0.2, 0.25) is 0 Å². The fourth-order valence-corrected chi connectivity index (χ4v) is 2.89. The highest BCUT2D eigenvalue weighted by atomic mass is 16.3. The van der Waals surface area contributed by atoms with Crippen molar-refractivity contribution in [1.29, 1.82) is 0 Å². The first-order chi connectivity index (χ1) is 7.58. The van der Waals surface area contributed by atoms with E-state index in [9.17, 15) is 10.2 Å². The molecular formula is C13H28NO2+. The zero-order chi connectivity index (χ0) is 12.0. The van der Waals surface area contributed by atoms with Gasteiger partial charge in [-0.05, 0) is 26.7 Å². The number of aliphatic hydroxyl groups is 2. The average Bonchev–Trinajstić information content (AvgIpc) is 2.16. The Bertz CT molecular complexity index is 167. The summed E-state index contributed by atoms with van der Waals surface area (Å²) in [7, 11) is 0. The third kappa shape index (κ3) is 5.83. The predicted octanol–water partition coefficient (Wildman–Crippen LogP) is 0.213. The van der Waals surface area contributed by atoms with E-state index in [0.29, 0.717) is 0 Å². The lowest BCUT2D eigenvalue weighted by atomic mass is 9.89. The molecule has 0 spiro atoms. The van der Waals surface area contributed by atoms with E-state index in [-0.39, 0.29) is 12.2 Å². The normalized spacial score (nSPS) is 22.3. The maximum Gasteiger partial charge on any atom is 0.103 e. The fraction of sp³-hybridized carbons (Fsp3) is 1.00. The van der Waals surface area contributed by atoms with Crippen molar-refractivity contribution in [2.45, 2.75) is 58.2 Å². The molecule has 2 atom stereocenters. The highest BCUT2D eigenvalue weighted by Crippen LogP contribution is 2.22. The van der Waals surface area contributed by atoms with Crippen LogP contribution in [-0.2, 0) is 0 Å². The average molecular weight is 230 g/mol. The lowest BCUT2D eigenvalue weighted by Crippen LogP contribution is -3.14. The van der Waals surface area contributed by atoms with Gasteiger partial charge in [0, 0.05) is 5.92 Å². The van der Waals surface area contributed by atoms with Gasteiger partial charge < -0.3 is 15.1 Å². The topological polar surface area (TPSA) is 44.9 Å². The summed E-state index contributed by atoms with van der Waals surface area (Å²) < 4.78 is 0. The molecule has 16 heavy (non-hydrogen) atoms. The first-order valence-electron chi connectivity index (χ1n) is 6.77. The number of nitrogens with one attached hydrogen (secondary N) is 1. The Kier molecular flexibility index (Phi) is 6.32. The molecule has 0 aliphatic heterocycles. The minimum absolute atomic E-state index is 0.266. The molecule has 0 heterocycles. The predicted molar refractivity (Wildman–Crippen MR) is 65.5 cm³/mol. The second kappa shape index (κ2) is 7.25. The van der Waals surface area contributed by atoms with Crippen LogP contribution in [0, 0.1) is 5.92 Å². The molecule has 0 aromatic heterocycles. The maximum absolute atomic E-state index is 9.46. The Labute approximate surface area is 99.5 Å². The van der Waals surface area contributed by atoms with Gasteiger partial charge >= 0.3 is 0 Å². The van der Waals surface area contributed by atoms with Gasteiger partial charge in [-0.2, -0.15) is 0 Å². The van der Waals surface area contributed by atoms with Gasteiger partial charge in [-0.15, -0.1) is 0 Å². The zero-order valence-corrected chi connectivity index (χ0v) is 10.8. The standard InChI is InChI=1S/C13H27NO2/c1-11(15)8-14(9-12(2)16)10-13-6-4-3-5-7-13/h11-13,15-16H,3-10H2,1-2H3/p+1/t11-,12-/m0/s1. The van der Waals surface area contributed by atoms with E-state index in [4.69, 9.17) is 0 Å². The molecule has 0 radical (unpaired) electrons. The Hall–Kier alpha value is -0.120. The van der Waals surface area contributed by atoms with Crippen molar-refractivity contribution in [3.05, 3.63) is 0 Å². The van der Waals surface area contributed by atoms with Gasteiger partial charge in [-0.1, -0.05) is 19.3 Å². The first kappa shape index (κ1) is 13.9. The Morgan fingerprint density at radius 1 is 1.00 bits per heavy atom. The fourth-order valence-electron chi connectivity index (χ4n) is 2.89. The minimum atomic E-state index is -0.266. The van der Waals surface area contributed by atoms with Crippen LogP contribution in [0.1, 0.15) is 46.0 Å². The third-order valence-corrected chi connectivity index (χ3v) is 3.47. The second-order valence-electron chi connectivity index (χ2n) is 5.56. The highest BCUT2D eigenvalue weighted by Gasteiger charge is 2.21. The number of hydrogen-bond acceptors (Lipinski definition) is 2. The zero-order valence-electron chi connectivity index (χ0n) is 10.8. The summed E-state index contributed by atoms with van der Waals surface area (Å²) >= 11 is 0. The van der Waals surface area contributed by atoms with Crippen molar-refractivity contribution in [3.8, 4) is 0 Å². The van der Waals surface area contributed by atoms with E-state index in [2.05, 4.69) is 0 Å². The number of hydrogen-bond donors (Lipinski definition) is 3. The molecule has 1 aliphatic carbocycles. The molecular weight excluding hydrogens is 202 g/mol. The third-order valence-electron chi connectivity index (χ3n) is 3.47. The molecule has 0 saturated heterocycles. The Morgan fingerprint density at radius 3 is 1.94 bits per heavy atom. The van der Waals surface area contributed by atoms with Gasteiger partial charge in [0.25, 0.3) is 0 Å². The van der Waals surface area contributed by atoms with Gasteiger partial charge in [0.15, 0.2) is 0 Å². The van der Waals surface area contributed by atoms with Crippen LogP contribution in [0.2, 0.25) is 0 Å². The van der Waals surface area contributed by atoms with Gasteiger partial charge in [-0.25, -0.2) is 0 Å². The van der Waals surface area contributed by atoms with Crippen molar-refractivity contribution in [1.82, 2.24) is 0 Å². The van der Waals surface area contributed by atoms with Crippen LogP contribution in [0.25, 0.3) is 0 Å². The van der Waals surface area contributed by atoms with Crippen LogP contribution in [-0.4, -0.2) is 42.1 Å². The van der Waals surface area contributed by atoms with E-state index in [1.54, 1.807) is 0 Å². The smallest absolute Gasteiger partial charge is 0.103 e. The molecule has 96 valence electrons. The summed E-state index contributed by atoms with van der Waals surface area (Å²) in [5.74, 6) is 0.807. The quantitative estimate of drug-likeness (QED) is 0.611. The summed E-state index contributed by atoms with van der Waals surface area (Å²) in [4.78, 5) is 1.36. The van der Waals surface area contributed by atoms with Crippen molar-refractivity contribution in [2.75, 3.05) is 19.6 Å². The Balaban J connectivity index is 2.35. The first-order valence-corrected chi connectivity index (χ1v) is 6.77. The molecule has 3 N–H and O–H groups in total. The van der Waals surface area contributed by atoms with Gasteiger partial charge in [0.05, 0.1) is 6.54 Å². The molecule has 1 aliphatic rings. The summed E-state index contributed by atoms with van der Waals surface area (Å²) in [6.07, 6.45) is 6.25. The molecule has 3 heteroatoms. The van der Waals surface area contributed by atoms with Gasteiger partial charge in [-0.3, -0.25) is 0 Å². The molecule has 0 aromatic rings. The van der Waals surface area contributed by atoms with Crippen molar-refractivity contribution < 1.29 is 15.1 Å². The van der Waals surface area contributed by atoms with Crippen molar-refractivity contribution in [2.24, 2.45) is 5.92 Å². The number of quaternary nitrogens is 1.